The third-order valence-corrected chi connectivity index (χ3v) is 6.14. The number of piperazine rings is 1. The molecule has 0 aromatic heterocycles. The zero-order valence-corrected chi connectivity index (χ0v) is 16.6. The Morgan fingerprint density at radius 3 is 2.46 bits per heavy atom. The van der Waals surface area contributed by atoms with E-state index in [-0.39, 0.29) is 18.6 Å². The predicted octanol–water partition coefficient (Wildman–Crippen LogP) is 3.81. The Balaban J connectivity index is 1.47. The molecule has 1 heterocycles. The van der Waals surface area contributed by atoms with E-state index < -0.39 is 0 Å². The third-order valence-electron chi connectivity index (χ3n) is 6.14. The lowest BCUT2D eigenvalue weighted by atomic mass is 9.75. The third kappa shape index (κ3) is 4.79. The number of rotatable bonds is 5. The van der Waals surface area contributed by atoms with Crippen LogP contribution in [0.2, 0.25) is 0 Å². The molecule has 0 unspecified atom stereocenters. The fourth-order valence-electron chi connectivity index (χ4n) is 4.43. The minimum atomic E-state index is 0.151. The Hall–Kier alpha value is -1.55. The van der Waals surface area contributed by atoms with Gasteiger partial charge in [0.15, 0.2) is 0 Å². The second-order valence-electron chi connectivity index (χ2n) is 8.38. The van der Waals surface area contributed by atoms with Crippen LogP contribution in [-0.4, -0.2) is 49.7 Å². The van der Waals surface area contributed by atoms with Crippen molar-refractivity contribution in [2.24, 2.45) is 17.8 Å². The lowest BCUT2D eigenvalue weighted by Crippen LogP contribution is -2.50. The van der Waals surface area contributed by atoms with Crippen LogP contribution in [0, 0.1) is 17.8 Å². The number of carbonyl (C=O) groups is 1. The average Bonchev–Trinajstić information content (AvgIpc) is 2.66. The molecule has 4 heteroatoms. The summed E-state index contributed by atoms with van der Waals surface area (Å²) in [6.07, 6.45) is 3.86. The van der Waals surface area contributed by atoms with Gasteiger partial charge in [-0.2, -0.15) is 0 Å². The molecule has 0 bridgehead atoms. The van der Waals surface area contributed by atoms with Crippen LogP contribution < -0.4 is 4.90 Å². The van der Waals surface area contributed by atoms with Crippen LogP contribution >= 0.6 is 0 Å². The standard InChI is InChI=1S/C22H34N2O2/c1-17(2)20-10-9-18(3)15-21(20)26-16-22(25)24-13-11-23(12-14-24)19-7-5-4-6-8-19/h4-8,17-18,20-21H,9-16H2,1-3H3/t18-,20-,21-/m1/s1. The number of para-hydroxylation sites is 1. The number of ether oxygens (including phenoxy) is 1. The van der Waals surface area contributed by atoms with Crippen LogP contribution in [-0.2, 0) is 9.53 Å². The molecule has 144 valence electrons. The van der Waals surface area contributed by atoms with Gasteiger partial charge in [-0.1, -0.05) is 45.4 Å². The average molecular weight is 359 g/mol. The lowest BCUT2D eigenvalue weighted by Gasteiger charge is -2.38. The van der Waals surface area contributed by atoms with Crippen molar-refractivity contribution in [1.29, 1.82) is 0 Å². The molecule has 1 saturated carbocycles. The van der Waals surface area contributed by atoms with E-state index in [0.29, 0.717) is 17.8 Å². The highest BCUT2D eigenvalue weighted by atomic mass is 16.5. The van der Waals surface area contributed by atoms with E-state index in [1.54, 1.807) is 0 Å². The molecule has 1 aliphatic carbocycles. The quantitative estimate of drug-likeness (QED) is 0.802. The van der Waals surface area contributed by atoms with E-state index >= 15 is 0 Å². The van der Waals surface area contributed by atoms with Crippen LogP contribution in [0.15, 0.2) is 30.3 Å². The molecule has 0 radical (unpaired) electrons. The van der Waals surface area contributed by atoms with Crippen molar-refractivity contribution < 1.29 is 9.53 Å². The predicted molar refractivity (Wildman–Crippen MR) is 106 cm³/mol. The normalized spacial score (nSPS) is 27.0. The van der Waals surface area contributed by atoms with Crippen molar-refractivity contribution in [2.45, 2.75) is 46.1 Å². The van der Waals surface area contributed by atoms with E-state index in [0.717, 1.165) is 32.6 Å². The number of hydrogen-bond acceptors (Lipinski definition) is 3. The molecule has 0 N–H and O–H groups in total. The summed E-state index contributed by atoms with van der Waals surface area (Å²) in [7, 11) is 0. The van der Waals surface area contributed by atoms with Crippen molar-refractivity contribution in [3.8, 4) is 0 Å². The summed E-state index contributed by atoms with van der Waals surface area (Å²) >= 11 is 0. The highest BCUT2D eigenvalue weighted by Crippen LogP contribution is 2.35. The molecule has 1 aliphatic heterocycles. The molecular formula is C22H34N2O2. The fourth-order valence-corrected chi connectivity index (χ4v) is 4.43. The van der Waals surface area contributed by atoms with Gasteiger partial charge in [0.05, 0.1) is 6.10 Å². The molecule has 1 saturated heterocycles. The maximum absolute atomic E-state index is 12.6. The maximum atomic E-state index is 12.6. The van der Waals surface area contributed by atoms with Gasteiger partial charge in [-0.3, -0.25) is 4.79 Å². The number of nitrogens with zero attached hydrogens (tertiary/aromatic N) is 2. The number of amides is 1. The molecule has 26 heavy (non-hydrogen) atoms. The molecular weight excluding hydrogens is 324 g/mol. The van der Waals surface area contributed by atoms with E-state index in [1.807, 2.05) is 11.0 Å². The first kappa shape index (κ1) is 19.2. The lowest BCUT2D eigenvalue weighted by molar-refractivity contribution is -0.141. The molecule has 1 aromatic rings. The van der Waals surface area contributed by atoms with Crippen LogP contribution in [0.4, 0.5) is 5.69 Å². The Labute approximate surface area is 158 Å². The Morgan fingerprint density at radius 1 is 1.12 bits per heavy atom. The maximum Gasteiger partial charge on any atom is 0.248 e. The molecule has 2 aliphatic rings. The molecule has 2 fully saturated rings. The monoisotopic (exact) mass is 358 g/mol. The van der Waals surface area contributed by atoms with Crippen molar-refractivity contribution in [2.75, 3.05) is 37.7 Å². The van der Waals surface area contributed by atoms with Gasteiger partial charge < -0.3 is 14.5 Å². The van der Waals surface area contributed by atoms with Crippen LogP contribution in [0.1, 0.15) is 40.0 Å². The number of benzene rings is 1. The second-order valence-corrected chi connectivity index (χ2v) is 8.38. The minimum absolute atomic E-state index is 0.151. The van der Waals surface area contributed by atoms with Gasteiger partial charge in [0, 0.05) is 31.9 Å². The summed E-state index contributed by atoms with van der Waals surface area (Å²) in [5.41, 5.74) is 1.24. The van der Waals surface area contributed by atoms with Crippen molar-refractivity contribution in [3.05, 3.63) is 30.3 Å². The largest absolute Gasteiger partial charge is 0.368 e. The fraction of sp³-hybridized carbons (Fsp3) is 0.682. The Bertz CT molecular complexity index is 567. The van der Waals surface area contributed by atoms with Gasteiger partial charge in [-0.15, -0.1) is 0 Å². The minimum Gasteiger partial charge on any atom is -0.368 e. The number of hydrogen-bond donors (Lipinski definition) is 0. The van der Waals surface area contributed by atoms with Gasteiger partial charge in [-0.25, -0.2) is 0 Å². The van der Waals surface area contributed by atoms with Gasteiger partial charge in [0.2, 0.25) is 5.91 Å². The molecule has 4 nitrogen and oxygen atoms in total. The van der Waals surface area contributed by atoms with E-state index in [1.165, 1.54) is 18.5 Å². The molecule has 1 amide bonds. The topological polar surface area (TPSA) is 32.8 Å². The zero-order chi connectivity index (χ0) is 18.5. The van der Waals surface area contributed by atoms with Gasteiger partial charge in [0.1, 0.15) is 6.61 Å². The highest BCUT2D eigenvalue weighted by Gasteiger charge is 2.32. The van der Waals surface area contributed by atoms with Crippen LogP contribution in [0.25, 0.3) is 0 Å². The van der Waals surface area contributed by atoms with Crippen molar-refractivity contribution in [3.63, 3.8) is 0 Å². The number of anilines is 1. The Morgan fingerprint density at radius 2 is 1.81 bits per heavy atom. The summed E-state index contributed by atoms with van der Waals surface area (Å²) in [6, 6.07) is 10.4. The first-order valence-electron chi connectivity index (χ1n) is 10.2. The number of carbonyl (C=O) groups excluding carboxylic acids is 1. The zero-order valence-electron chi connectivity index (χ0n) is 16.6. The summed E-state index contributed by atoms with van der Waals surface area (Å²) in [6.45, 7) is 10.5. The van der Waals surface area contributed by atoms with Crippen LogP contribution in [0.5, 0.6) is 0 Å². The van der Waals surface area contributed by atoms with Crippen molar-refractivity contribution >= 4 is 11.6 Å². The summed E-state index contributed by atoms with van der Waals surface area (Å²) in [5.74, 6) is 2.07. The summed E-state index contributed by atoms with van der Waals surface area (Å²) in [4.78, 5) is 16.9. The molecule has 3 rings (SSSR count). The van der Waals surface area contributed by atoms with Gasteiger partial charge in [-0.05, 0) is 42.7 Å². The van der Waals surface area contributed by atoms with Crippen molar-refractivity contribution in [1.82, 2.24) is 4.90 Å². The Kier molecular flexibility index (Phi) is 6.58. The SMILES string of the molecule is CC(C)[C@H]1CC[C@@H](C)C[C@H]1OCC(=O)N1CCN(c2ccccc2)CC1. The van der Waals surface area contributed by atoms with Gasteiger partial charge >= 0.3 is 0 Å². The molecule has 0 spiro atoms. The summed E-state index contributed by atoms with van der Waals surface area (Å²) in [5, 5.41) is 0. The highest BCUT2D eigenvalue weighted by molar-refractivity contribution is 5.77. The van der Waals surface area contributed by atoms with Crippen LogP contribution in [0.3, 0.4) is 0 Å². The summed E-state index contributed by atoms with van der Waals surface area (Å²) < 4.78 is 6.15. The second kappa shape index (κ2) is 8.90. The van der Waals surface area contributed by atoms with E-state index in [4.69, 9.17) is 4.74 Å². The smallest absolute Gasteiger partial charge is 0.248 e. The van der Waals surface area contributed by atoms with E-state index in [2.05, 4.69) is 49.9 Å². The van der Waals surface area contributed by atoms with E-state index in [9.17, 15) is 4.79 Å². The first-order valence-corrected chi connectivity index (χ1v) is 10.2. The molecule has 1 aromatic carbocycles. The first-order chi connectivity index (χ1) is 12.5. The van der Waals surface area contributed by atoms with Gasteiger partial charge in [0.25, 0.3) is 0 Å². The molecule has 3 atom stereocenters.